The monoisotopic (exact) mass is 425 g/mol. The van der Waals surface area contributed by atoms with Gasteiger partial charge in [-0.2, -0.15) is 0 Å². The van der Waals surface area contributed by atoms with E-state index in [1.54, 1.807) is 32.0 Å². The largest absolute Gasteiger partial charge is 0.451 e. The van der Waals surface area contributed by atoms with Crippen LogP contribution in [0.15, 0.2) is 28.7 Å². The van der Waals surface area contributed by atoms with Gasteiger partial charge in [0.1, 0.15) is 4.88 Å². The first-order valence-electron chi connectivity index (χ1n) is 7.29. The van der Waals surface area contributed by atoms with E-state index in [-0.39, 0.29) is 12.5 Å². The van der Waals surface area contributed by atoms with E-state index < -0.39 is 18.5 Å². The van der Waals surface area contributed by atoms with Crippen LogP contribution in [0.2, 0.25) is 0 Å². The fourth-order valence-electron chi connectivity index (χ4n) is 1.90. The van der Waals surface area contributed by atoms with E-state index in [2.05, 4.69) is 31.5 Å². The summed E-state index contributed by atoms with van der Waals surface area (Å²) in [6.45, 7) is 2.80. The van der Waals surface area contributed by atoms with Crippen molar-refractivity contribution in [2.24, 2.45) is 0 Å². The second-order valence-corrected chi connectivity index (χ2v) is 7.09. The molecule has 1 aromatic carbocycles. The summed E-state index contributed by atoms with van der Waals surface area (Å²) < 4.78 is 5.67. The second-order valence-electron chi connectivity index (χ2n) is 5.03. The molecule has 2 aromatic rings. The maximum atomic E-state index is 11.9. The van der Waals surface area contributed by atoms with Gasteiger partial charge in [0.05, 0.1) is 22.9 Å². The number of benzene rings is 1. The molecule has 0 aliphatic rings. The Labute approximate surface area is 156 Å². The highest BCUT2D eigenvalue weighted by Gasteiger charge is 2.17. The van der Waals surface area contributed by atoms with E-state index in [1.165, 1.54) is 11.3 Å². The van der Waals surface area contributed by atoms with Crippen LogP contribution in [-0.4, -0.2) is 35.9 Å². The molecule has 132 valence electrons. The van der Waals surface area contributed by atoms with Gasteiger partial charge in [0, 0.05) is 4.47 Å². The van der Waals surface area contributed by atoms with Crippen LogP contribution in [0.3, 0.4) is 0 Å². The van der Waals surface area contributed by atoms with Gasteiger partial charge in [0.2, 0.25) is 5.91 Å². The average molecular weight is 426 g/mol. The second kappa shape index (κ2) is 8.72. The topological polar surface area (TPSA) is 97.4 Å². The molecule has 0 atom stereocenters. The summed E-state index contributed by atoms with van der Waals surface area (Å²) in [6.07, 6.45) is 0. The summed E-state index contributed by atoms with van der Waals surface area (Å²) in [6, 6.07) is 7.12. The fraction of sp³-hybridized carbons (Fsp3) is 0.250. The van der Waals surface area contributed by atoms with E-state index in [9.17, 15) is 14.4 Å². The molecule has 1 aromatic heterocycles. The van der Waals surface area contributed by atoms with Crippen LogP contribution >= 0.6 is 27.3 Å². The number of carbonyl (C=O) groups excluding carboxylic acids is 3. The number of thiazole rings is 1. The molecule has 2 amide bonds. The smallest absolute Gasteiger partial charge is 0.350 e. The lowest BCUT2D eigenvalue weighted by Crippen LogP contribution is -2.35. The minimum absolute atomic E-state index is 0.226. The molecular weight excluding hydrogens is 410 g/mol. The van der Waals surface area contributed by atoms with Crippen LogP contribution in [0.1, 0.15) is 20.4 Å². The Morgan fingerprint density at radius 2 is 1.92 bits per heavy atom. The normalized spacial score (nSPS) is 10.2. The highest BCUT2D eigenvalue weighted by Crippen LogP contribution is 2.21. The van der Waals surface area contributed by atoms with Crippen LogP contribution in [0.4, 0.5) is 5.69 Å². The summed E-state index contributed by atoms with van der Waals surface area (Å²) in [7, 11) is 0. The van der Waals surface area contributed by atoms with E-state index in [0.29, 0.717) is 16.3 Å². The van der Waals surface area contributed by atoms with Gasteiger partial charge >= 0.3 is 5.97 Å². The van der Waals surface area contributed by atoms with Crippen molar-refractivity contribution in [1.29, 1.82) is 0 Å². The molecule has 0 bridgehead atoms. The number of nitrogens with one attached hydrogen (secondary N) is 2. The molecule has 25 heavy (non-hydrogen) atoms. The van der Waals surface area contributed by atoms with Crippen molar-refractivity contribution >= 4 is 50.7 Å². The van der Waals surface area contributed by atoms with Crippen LogP contribution in [0.5, 0.6) is 0 Å². The number of amides is 2. The Morgan fingerprint density at radius 3 is 2.56 bits per heavy atom. The fourth-order valence-corrected chi connectivity index (χ4v) is 3.10. The van der Waals surface area contributed by atoms with Crippen LogP contribution in [-0.2, 0) is 14.3 Å². The van der Waals surface area contributed by atoms with E-state index in [4.69, 9.17) is 4.74 Å². The molecule has 0 radical (unpaired) electrons. The maximum Gasteiger partial charge on any atom is 0.350 e. The van der Waals surface area contributed by atoms with Crippen molar-refractivity contribution in [3.05, 3.63) is 44.3 Å². The SMILES string of the molecule is Cc1nc(C)c(C(=O)OCC(=O)NCC(=O)Nc2ccccc2Br)s1. The molecule has 0 fully saturated rings. The summed E-state index contributed by atoms with van der Waals surface area (Å²) in [5.74, 6) is -1.55. The Hall–Kier alpha value is -2.26. The van der Waals surface area contributed by atoms with Crippen molar-refractivity contribution in [3.63, 3.8) is 0 Å². The average Bonchev–Trinajstić information content (AvgIpc) is 2.91. The highest BCUT2D eigenvalue weighted by molar-refractivity contribution is 9.10. The van der Waals surface area contributed by atoms with E-state index >= 15 is 0 Å². The third-order valence-electron chi connectivity index (χ3n) is 3.02. The lowest BCUT2D eigenvalue weighted by Gasteiger charge is -2.08. The third-order valence-corrected chi connectivity index (χ3v) is 4.76. The number of carbonyl (C=O) groups is 3. The maximum absolute atomic E-state index is 11.9. The summed E-state index contributed by atoms with van der Waals surface area (Å²) in [5.41, 5.74) is 1.17. The van der Waals surface area contributed by atoms with Crippen molar-refractivity contribution < 1.29 is 19.1 Å². The first-order valence-corrected chi connectivity index (χ1v) is 8.90. The number of halogens is 1. The predicted octanol–water partition coefficient (Wildman–Crippen LogP) is 2.43. The summed E-state index contributed by atoms with van der Waals surface area (Å²) in [4.78, 5) is 39.9. The molecular formula is C16H16BrN3O4S. The van der Waals surface area contributed by atoms with Gasteiger partial charge < -0.3 is 15.4 Å². The van der Waals surface area contributed by atoms with Gasteiger partial charge in [-0.25, -0.2) is 9.78 Å². The van der Waals surface area contributed by atoms with Crippen molar-refractivity contribution in [3.8, 4) is 0 Å². The standard InChI is InChI=1S/C16H16BrN3O4S/c1-9-15(25-10(2)19-9)16(23)24-8-14(22)18-7-13(21)20-12-6-4-3-5-11(12)17/h3-6H,7-8H2,1-2H3,(H,18,22)(H,20,21). The first-order chi connectivity index (χ1) is 11.9. The molecule has 0 saturated heterocycles. The number of hydrogen-bond acceptors (Lipinski definition) is 6. The van der Waals surface area contributed by atoms with Crippen LogP contribution in [0.25, 0.3) is 0 Å². The predicted molar refractivity (Wildman–Crippen MR) is 97.7 cm³/mol. The molecule has 1 heterocycles. The van der Waals surface area contributed by atoms with E-state index in [1.807, 2.05) is 6.07 Å². The number of rotatable bonds is 6. The van der Waals surface area contributed by atoms with Crippen molar-refractivity contribution in [2.45, 2.75) is 13.8 Å². The quantitative estimate of drug-likeness (QED) is 0.692. The van der Waals surface area contributed by atoms with Gasteiger partial charge in [-0.1, -0.05) is 12.1 Å². The highest BCUT2D eigenvalue weighted by atomic mass is 79.9. The molecule has 0 saturated carbocycles. The van der Waals surface area contributed by atoms with Gasteiger partial charge in [-0.15, -0.1) is 11.3 Å². The molecule has 0 spiro atoms. The minimum Gasteiger partial charge on any atom is -0.451 e. The van der Waals surface area contributed by atoms with Crippen LogP contribution in [0, 0.1) is 13.8 Å². The Morgan fingerprint density at radius 1 is 1.20 bits per heavy atom. The van der Waals surface area contributed by atoms with Gasteiger partial charge in [0.15, 0.2) is 6.61 Å². The van der Waals surface area contributed by atoms with Gasteiger partial charge in [0.25, 0.3) is 5.91 Å². The number of aryl methyl sites for hydroxylation is 2. The number of nitrogens with zero attached hydrogens (tertiary/aromatic N) is 1. The number of ether oxygens (including phenoxy) is 1. The van der Waals surface area contributed by atoms with Gasteiger partial charge in [-0.3, -0.25) is 9.59 Å². The number of hydrogen-bond donors (Lipinski definition) is 2. The molecule has 0 aliphatic carbocycles. The van der Waals surface area contributed by atoms with Gasteiger partial charge in [-0.05, 0) is 41.9 Å². The zero-order chi connectivity index (χ0) is 18.4. The Balaban J connectivity index is 1.75. The number of aromatic nitrogens is 1. The number of anilines is 1. The number of esters is 1. The Bertz CT molecular complexity index is 806. The number of para-hydroxylation sites is 1. The third kappa shape index (κ3) is 5.64. The summed E-state index contributed by atoms with van der Waals surface area (Å²) >= 11 is 4.52. The molecule has 7 nitrogen and oxygen atoms in total. The zero-order valence-corrected chi connectivity index (χ0v) is 16.0. The molecule has 0 unspecified atom stereocenters. The molecule has 9 heteroatoms. The summed E-state index contributed by atoms with van der Waals surface area (Å²) in [5, 5.41) is 5.79. The Kier molecular flexibility index (Phi) is 6.65. The molecule has 0 aliphatic heterocycles. The minimum atomic E-state index is -0.601. The molecule has 2 N–H and O–H groups in total. The van der Waals surface area contributed by atoms with E-state index in [0.717, 1.165) is 9.48 Å². The zero-order valence-electron chi connectivity index (χ0n) is 13.6. The first kappa shape index (κ1) is 19.1. The lowest BCUT2D eigenvalue weighted by molar-refractivity contribution is -0.126. The lowest BCUT2D eigenvalue weighted by atomic mass is 10.3. The van der Waals surface area contributed by atoms with Crippen molar-refractivity contribution in [1.82, 2.24) is 10.3 Å². The van der Waals surface area contributed by atoms with Crippen molar-refractivity contribution in [2.75, 3.05) is 18.5 Å². The van der Waals surface area contributed by atoms with Crippen LogP contribution < -0.4 is 10.6 Å². The molecule has 2 rings (SSSR count).